The Kier molecular flexibility index (Phi) is 9.87. The normalized spacial score (nSPS) is 10.3. The summed E-state index contributed by atoms with van der Waals surface area (Å²) < 4.78 is 53.4. The molecule has 0 aliphatic heterocycles. The molecule has 0 unspecified atom stereocenters. The van der Waals surface area contributed by atoms with Gasteiger partial charge in [-0.3, -0.25) is 0 Å². The second-order valence-electron chi connectivity index (χ2n) is 6.80. The summed E-state index contributed by atoms with van der Waals surface area (Å²) in [6.45, 7) is 0. The van der Waals surface area contributed by atoms with E-state index >= 15 is 0 Å². The molecule has 0 bridgehead atoms. The van der Waals surface area contributed by atoms with Crippen LogP contribution in [0.25, 0.3) is 0 Å². The van der Waals surface area contributed by atoms with Crippen molar-refractivity contribution in [3.63, 3.8) is 0 Å². The number of methoxy groups -OCH3 is 1. The molecule has 4 aromatic carbocycles. The van der Waals surface area contributed by atoms with Gasteiger partial charge in [-0.2, -0.15) is 43.5 Å². The van der Waals surface area contributed by atoms with Gasteiger partial charge in [-0.05, 0) is 36.4 Å². The summed E-state index contributed by atoms with van der Waals surface area (Å²) in [7, 11) is 1.32. The molecule has 0 fully saturated rings. The summed E-state index contributed by atoms with van der Waals surface area (Å²) in [6, 6.07) is 24.3. The van der Waals surface area contributed by atoms with Crippen LogP contribution in [-0.2, 0) is 23.2 Å². The summed E-state index contributed by atoms with van der Waals surface area (Å²) >= 11 is 0. The maximum absolute atomic E-state index is 12.6. The van der Waals surface area contributed by atoms with Gasteiger partial charge in [-0.25, -0.2) is 16.9 Å². The molecule has 0 aliphatic rings. The van der Waals surface area contributed by atoms with Crippen LogP contribution in [0.3, 0.4) is 0 Å². The summed E-state index contributed by atoms with van der Waals surface area (Å²) in [5.74, 6) is -1.03. The van der Waals surface area contributed by atoms with Gasteiger partial charge >= 0.3 is 29.2 Å². The molecule has 35 heavy (non-hydrogen) atoms. The zero-order valence-corrected chi connectivity index (χ0v) is 19.4. The fourth-order valence-corrected chi connectivity index (χ4v) is 2.74. The van der Waals surface area contributed by atoms with Crippen LogP contribution in [0.4, 0.5) is 13.2 Å². The van der Waals surface area contributed by atoms with Crippen molar-refractivity contribution in [2.45, 2.75) is 6.18 Å². The van der Waals surface area contributed by atoms with Crippen molar-refractivity contribution < 1.29 is 54.0 Å². The van der Waals surface area contributed by atoms with Crippen molar-refractivity contribution in [1.82, 2.24) is 0 Å². The van der Waals surface area contributed by atoms with Crippen molar-refractivity contribution in [3.8, 4) is 17.2 Å². The number of hydrogen-bond acceptors (Lipinski definition) is 5. The number of halogens is 3. The summed E-state index contributed by atoms with van der Waals surface area (Å²) in [5.41, 5.74) is -0.781. The van der Waals surface area contributed by atoms with E-state index in [9.17, 15) is 22.8 Å². The Morgan fingerprint density at radius 1 is 0.829 bits per heavy atom. The van der Waals surface area contributed by atoms with Gasteiger partial charge in [0.1, 0.15) is 0 Å². The van der Waals surface area contributed by atoms with Gasteiger partial charge in [0.2, 0.25) is 0 Å². The van der Waals surface area contributed by atoms with E-state index in [4.69, 9.17) is 14.2 Å². The van der Waals surface area contributed by atoms with Gasteiger partial charge in [-0.1, -0.05) is 6.07 Å². The molecule has 0 radical (unpaired) electrons. The number of carbonyl (C=O) groups is 2. The zero-order chi connectivity index (χ0) is 24.6. The minimum Gasteiger partial charge on any atom is -0.514 e. The molecule has 9 heteroatoms. The number of hydrogen-bond donors (Lipinski definition) is 0. The van der Waals surface area contributed by atoms with E-state index in [0.717, 1.165) is 24.3 Å². The van der Waals surface area contributed by atoms with Crippen LogP contribution in [-0.4, -0.2) is 19.0 Å². The first kappa shape index (κ1) is 27.4. The van der Waals surface area contributed by atoms with Crippen molar-refractivity contribution in [3.05, 3.63) is 114 Å². The van der Waals surface area contributed by atoms with Crippen LogP contribution >= 0.6 is 0 Å². The van der Waals surface area contributed by atoms with Gasteiger partial charge in [0.05, 0.1) is 18.2 Å². The van der Waals surface area contributed by atoms with Crippen molar-refractivity contribution >= 4 is 11.9 Å². The Morgan fingerprint density at radius 2 is 1.43 bits per heavy atom. The summed E-state index contributed by atoms with van der Waals surface area (Å²) in [4.78, 5) is 24.4. The first-order valence-corrected chi connectivity index (χ1v) is 9.96. The predicted octanol–water partition coefficient (Wildman–Crippen LogP) is 6.27. The maximum atomic E-state index is 12.6. The second kappa shape index (κ2) is 12.6. The van der Waals surface area contributed by atoms with Gasteiger partial charge in [0, 0.05) is 11.3 Å². The van der Waals surface area contributed by atoms with E-state index in [1.165, 1.54) is 25.3 Å². The van der Waals surface area contributed by atoms with E-state index < -0.39 is 23.7 Å². The Bertz CT molecular complexity index is 1180. The van der Waals surface area contributed by atoms with E-state index in [-0.39, 0.29) is 39.7 Å². The minimum atomic E-state index is -4.50. The molecule has 0 aliphatic carbocycles. The molecule has 0 saturated carbocycles. The molecule has 0 saturated heterocycles. The molecular weight excluding hydrogens is 505 g/mol. The number of benzene rings is 2. The Labute approximate surface area is 210 Å². The number of ether oxygens (including phenoxy) is 3. The third-order valence-corrected chi connectivity index (χ3v) is 4.45. The average molecular weight is 524 g/mol. The molecule has 4 aromatic rings. The van der Waals surface area contributed by atoms with Crippen molar-refractivity contribution in [2.24, 2.45) is 0 Å². The fraction of sp³-hybridized carbons (Fsp3) is 0.0769. The topological polar surface area (TPSA) is 61.8 Å². The largest absolute Gasteiger partial charge is 2.00 e. The Morgan fingerprint density at radius 3 is 1.94 bits per heavy atom. The second-order valence-corrected chi connectivity index (χ2v) is 6.80. The van der Waals surface area contributed by atoms with Crippen molar-refractivity contribution in [1.29, 1.82) is 0 Å². The fourth-order valence-electron chi connectivity index (χ4n) is 2.74. The standard InChI is InChI=1S/C21H14F3O5.C5H5.Fe/c1-27-18-12-14(20(26)28-16-4-2-3-5-16)8-11-17(18)29-19(25)13-6-9-15(10-7-13)21(22,23)24;1-2-4-5-3-1;/h2-12H,1H3;1-5H;/q2*-1;+2. The molecule has 182 valence electrons. The van der Waals surface area contributed by atoms with Crippen LogP contribution in [0.5, 0.6) is 17.2 Å². The molecule has 0 spiro atoms. The predicted molar refractivity (Wildman–Crippen MR) is 118 cm³/mol. The maximum Gasteiger partial charge on any atom is 2.00 e. The van der Waals surface area contributed by atoms with Gasteiger partial charge in [-0.15, -0.1) is 12.1 Å². The minimum absolute atomic E-state index is 0. The Hall–Kier alpha value is -3.81. The first-order chi connectivity index (χ1) is 16.3. The van der Waals surface area contributed by atoms with Crippen LogP contribution in [0.2, 0.25) is 0 Å². The van der Waals surface area contributed by atoms with Gasteiger partial charge in [0.25, 0.3) is 5.97 Å². The molecule has 4 rings (SSSR count). The number of alkyl halides is 3. The number of rotatable bonds is 5. The zero-order valence-electron chi connectivity index (χ0n) is 18.3. The van der Waals surface area contributed by atoms with Crippen LogP contribution in [0.15, 0.2) is 97.1 Å². The van der Waals surface area contributed by atoms with Gasteiger partial charge < -0.3 is 19.0 Å². The molecule has 0 heterocycles. The van der Waals surface area contributed by atoms with Crippen LogP contribution < -0.4 is 14.2 Å². The van der Waals surface area contributed by atoms with E-state index in [1.54, 1.807) is 24.3 Å². The molecule has 0 amide bonds. The Balaban J connectivity index is 0.000000640. The van der Waals surface area contributed by atoms with Crippen LogP contribution in [0.1, 0.15) is 26.3 Å². The molecule has 5 nitrogen and oxygen atoms in total. The molecular formula is C26H19F3FeO5. The van der Waals surface area contributed by atoms with Crippen LogP contribution in [0, 0.1) is 0 Å². The number of esters is 2. The number of carbonyl (C=O) groups excluding carboxylic acids is 2. The molecule has 0 aromatic heterocycles. The van der Waals surface area contributed by atoms with E-state index in [0.29, 0.717) is 5.75 Å². The first-order valence-electron chi connectivity index (χ1n) is 9.96. The third kappa shape index (κ3) is 7.88. The van der Waals surface area contributed by atoms with Gasteiger partial charge in [0.15, 0.2) is 11.5 Å². The quantitative estimate of drug-likeness (QED) is 0.133. The molecule has 0 N–H and O–H groups in total. The summed E-state index contributed by atoms with van der Waals surface area (Å²) in [5, 5.41) is 0. The molecule has 0 atom stereocenters. The average Bonchev–Trinajstić information content (AvgIpc) is 3.56. The smallest absolute Gasteiger partial charge is 0.514 e. The SMILES string of the molecule is COc1cc(C(=O)O[c-]2cccc2)ccc1OC(=O)c1ccc(C(F)(F)F)cc1.[Fe+2].c1cc[cH-]c1. The van der Waals surface area contributed by atoms with E-state index in [2.05, 4.69) is 0 Å². The van der Waals surface area contributed by atoms with E-state index in [1.807, 2.05) is 30.3 Å². The van der Waals surface area contributed by atoms with Crippen molar-refractivity contribution in [2.75, 3.05) is 7.11 Å². The summed E-state index contributed by atoms with van der Waals surface area (Å²) in [6.07, 6.45) is -4.50. The monoisotopic (exact) mass is 524 g/mol. The third-order valence-electron chi connectivity index (χ3n) is 4.45.